The SMILES string of the molecule is [2H]N([2H])C1([2H])C(C)=CCC([2H])([2H])C1([2H])C. The Hall–Kier alpha value is -0.300. The lowest BCUT2D eigenvalue weighted by Crippen LogP contribution is -2.31. The maximum atomic E-state index is 7.99. The van der Waals surface area contributed by atoms with Crippen LogP contribution in [0, 0.1) is 5.89 Å². The monoisotopic (exact) mass is 131 g/mol. The van der Waals surface area contributed by atoms with Crippen molar-refractivity contribution in [1.29, 1.82) is 0 Å². The fourth-order valence-corrected chi connectivity index (χ4v) is 0.833. The molecule has 1 aliphatic carbocycles. The van der Waals surface area contributed by atoms with Gasteiger partial charge in [-0.25, -0.2) is 0 Å². The number of allylic oxidation sites excluding steroid dienone is 1. The molecule has 0 aromatic heterocycles. The minimum Gasteiger partial charge on any atom is -0.324 e. The van der Waals surface area contributed by atoms with Gasteiger partial charge in [-0.2, -0.15) is 0 Å². The molecule has 0 bridgehead atoms. The predicted molar refractivity (Wildman–Crippen MR) is 40.1 cm³/mol. The van der Waals surface area contributed by atoms with Gasteiger partial charge >= 0.3 is 0 Å². The predicted octanol–water partition coefficient (Wildman–Crippen LogP) is 1.69. The van der Waals surface area contributed by atoms with E-state index in [-0.39, 0.29) is 12.1 Å². The number of rotatable bonds is 1. The van der Waals surface area contributed by atoms with Crippen LogP contribution in [0.5, 0.6) is 0 Å². The second kappa shape index (κ2) is 2.53. The van der Waals surface area contributed by atoms with Crippen LogP contribution in [0.1, 0.15) is 32.1 Å². The average Bonchev–Trinajstić information content (AvgIpc) is 2.09. The van der Waals surface area contributed by atoms with E-state index in [4.69, 9.17) is 8.31 Å². The second-order valence-corrected chi connectivity index (χ2v) is 2.24. The topological polar surface area (TPSA) is 26.0 Å². The highest BCUT2D eigenvalue weighted by atomic mass is 14.7. The van der Waals surface area contributed by atoms with Crippen molar-refractivity contribution in [3.63, 3.8) is 0 Å². The Bertz CT molecular complexity index is 298. The van der Waals surface area contributed by atoms with Crippen LogP contribution in [-0.4, -0.2) is 6.02 Å². The third kappa shape index (κ3) is 1.33. The number of nitrogens with two attached hydrogens (primary N) is 1. The summed E-state index contributed by atoms with van der Waals surface area (Å²) in [7, 11) is 0. The molecule has 0 fully saturated rings. The third-order valence-corrected chi connectivity index (χ3v) is 1.50. The molecule has 1 nitrogen and oxygen atoms in total. The van der Waals surface area contributed by atoms with Gasteiger partial charge in [-0.15, -0.1) is 0 Å². The summed E-state index contributed by atoms with van der Waals surface area (Å²) in [4.78, 5) is 0. The van der Waals surface area contributed by atoms with Gasteiger partial charge in [0.25, 0.3) is 0 Å². The summed E-state index contributed by atoms with van der Waals surface area (Å²) < 4.78 is 45.8. The highest BCUT2D eigenvalue weighted by Gasteiger charge is 2.16. The molecule has 0 amide bonds. The molecule has 0 aliphatic heterocycles. The van der Waals surface area contributed by atoms with Crippen LogP contribution in [0.3, 0.4) is 0 Å². The van der Waals surface area contributed by atoms with Gasteiger partial charge in [0.05, 0.1) is 1.37 Å². The van der Waals surface area contributed by atoms with E-state index in [1.165, 1.54) is 13.0 Å². The van der Waals surface area contributed by atoms with E-state index < -0.39 is 18.3 Å². The first-order valence-corrected chi connectivity index (χ1v) is 3.02. The molecule has 0 aromatic rings. The molecular weight excluding hydrogens is 110 g/mol. The van der Waals surface area contributed by atoms with E-state index in [2.05, 4.69) is 0 Å². The first-order valence-electron chi connectivity index (χ1n) is 5.92. The Morgan fingerprint density at radius 3 is 3.44 bits per heavy atom. The molecule has 0 aromatic carbocycles. The summed E-state index contributed by atoms with van der Waals surface area (Å²) in [5.41, 5.74) is 0.489. The highest BCUT2D eigenvalue weighted by molar-refractivity contribution is 5.11. The molecule has 52 valence electrons. The lowest BCUT2D eigenvalue weighted by atomic mass is 9.87. The van der Waals surface area contributed by atoms with E-state index >= 15 is 0 Å². The summed E-state index contributed by atoms with van der Waals surface area (Å²) in [6.07, 6.45) is -0.360. The molecule has 2 unspecified atom stereocenters. The first-order chi connectivity index (χ1) is 6.57. The summed E-state index contributed by atoms with van der Waals surface area (Å²) in [6, 6.07) is -1.96. The largest absolute Gasteiger partial charge is 0.324 e. The highest BCUT2D eigenvalue weighted by Crippen LogP contribution is 2.21. The van der Waals surface area contributed by atoms with Gasteiger partial charge in [0.1, 0.15) is 2.82 Å². The average molecular weight is 131 g/mol. The van der Waals surface area contributed by atoms with Gasteiger partial charge in [0.2, 0.25) is 0 Å². The van der Waals surface area contributed by atoms with Crippen LogP contribution in [0.15, 0.2) is 11.6 Å². The maximum absolute atomic E-state index is 7.99. The zero-order valence-corrected chi connectivity index (χ0v) is 5.73. The Labute approximate surface area is 65.5 Å². The van der Waals surface area contributed by atoms with Crippen molar-refractivity contribution in [3.05, 3.63) is 11.6 Å². The molecule has 1 rings (SSSR count). The van der Waals surface area contributed by atoms with Gasteiger partial charge in [0, 0.05) is 10.1 Å². The van der Waals surface area contributed by atoms with Crippen molar-refractivity contribution in [1.82, 2.24) is 0 Å². The molecule has 2 atom stereocenters. The van der Waals surface area contributed by atoms with Crippen molar-refractivity contribution in [2.75, 3.05) is 0 Å². The lowest BCUT2D eigenvalue weighted by molar-refractivity contribution is 0.448. The molecule has 2 N–H and O–H groups in total. The van der Waals surface area contributed by atoms with E-state index in [9.17, 15) is 0 Å². The van der Waals surface area contributed by atoms with Gasteiger partial charge in [0.15, 0.2) is 0 Å². The zero-order valence-electron chi connectivity index (χ0n) is 11.7. The molecule has 9 heavy (non-hydrogen) atoms. The van der Waals surface area contributed by atoms with Crippen LogP contribution in [-0.2, 0) is 0 Å². The standard InChI is InChI=1S/C8H15N/c1-6-4-3-5-7(2)8(6)9/h4,7-8H,3,5,9H2,1-2H3/i5D2,7D,8D/hD2. The minimum absolute atomic E-state index is 0.0489. The van der Waals surface area contributed by atoms with Crippen LogP contribution < -0.4 is 5.72 Å². The van der Waals surface area contributed by atoms with Gasteiger partial charge < -0.3 is 5.72 Å². The lowest BCUT2D eigenvalue weighted by Gasteiger charge is -2.24. The molecule has 0 saturated carbocycles. The van der Waals surface area contributed by atoms with Gasteiger partial charge in [-0.3, -0.25) is 0 Å². The molecule has 0 saturated heterocycles. The van der Waals surface area contributed by atoms with E-state index in [1.807, 2.05) is 0 Å². The fraction of sp³-hybridized carbons (Fsp3) is 0.750. The first kappa shape index (κ1) is 2.39. The Morgan fingerprint density at radius 2 is 2.89 bits per heavy atom. The molecular formula is C8H15N. The Kier molecular flexibility index (Phi) is 0.670. The minimum atomic E-state index is -1.96. The number of hydrogen-bond donors (Lipinski definition) is 1. The smallest absolute Gasteiger partial charge is 0.119 e. The van der Waals surface area contributed by atoms with E-state index in [0.29, 0.717) is 5.57 Å². The van der Waals surface area contributed by atoms with Gasteiger partial charge in [-0.05, 0) is 25.6 Å². The van der Waals surface area contributed by atoms with E-state index in [0.717, 1.165) is 0 Å². The summed E-state index contributed by atoms with van der Waals surface area (Å²) in [5, 5.41) is 0. The fourth-order valence-electron chi connectivity index (χ4n) is 0.833. The van der Waals surface area contributed by atoms with Crippen molar-refractivity contribution in [2.45, 2.75) is 32.7 Å². The van der Waals surface area contributed by atoms with Crippen LogP contribution in [0.2, 0.25) is 2.82 Å². The Morgan fingerprint density at radius 1 is 2.11 bits per heavy atom. The van der Waals surface area contributed by atoms with Crippen LogP contribution in [0.25, 0.3) is 0 Å². The van der Waals surface area contributed by atoms with Crippen molar-refractivity contribution < 1.29 is 8.31 Å². The third-order valence-electron chi connectivity index (χ3n) is 1.50. The van der Waals surface area contributed by atoms with Crippen molar-refractivity contribution in [2.24, 2.45) is 11.6 Å². The zero-order chi connectivity index (χ0) is 12.1. The van der Waals surface area contributed by atoms with Gasteiger partial charge in [-0.1, -0.05) is 18.6 Å². The molecule has 0 radical (unpaired) electrons. The summed E-state index contributed by atoms with van der Waals surface area (Å²) in [6.45, 7) is 2.83. The second-order valence-electron chi connectivity index (χ2n) is 2.24. The summed E-state index contributed by atoms with van der Waals surface area (Å²) >= 11 is 0. The molecule has 1 aliphatic rings. The van der Waals surface area contributed by atoms with Crippen molar-refractivity contribution in [3.8, 4) is 0 Å². The van der Waals surface area contributed by atoms with Crippen molar-refractivity contribution >= 4 is 0 Å². The Balaban J connectivity index is 3.35. The summed E-state index contributed by atoms with van der Waals surface area (Å²) in [5.74, 6) is -1.84. The maximum Gasteiger partial charge on any atom is 0.119 e. The normalized spacial score (nSPS) is 68.1. The van der Waals surface area contributed by atoms with Crippen LogP contribution >= 0.6 is 0 Å². The number of hydrogen-bond acceptors (Lipinski definition) is 1. The quantitative estimate of drug-likeness (QED) is 0.538. The van der Waals surface area contributed by atoms with Crippen LogP contribution in [0.4, 0.5) is 0 Å². The molecule has 0 heterocycles. The molecule has 0 spiro atoms. The van der Waals surface area contributed by atoms with E-state index in [1.54, 1.807) is 6.92 Å². The molecule has 1 heteroatoms.